The second-order valence-corrected chi connectivity index (χ2v) is 10.7. The SMILES string of the molecule is CC(=O)N1CCN(c2ccc(CN(C3CCC3)S(=O)(=O)Cc3ccccc3F)c(F)c2)CC1. The summed E-state index contributed by atoms with van der Waals surface area (Å²) in [7, 11) is -3.84. The van der Waals surface area contributed by atoms with Gasteiger partial charge in [-0.05, 0) is 31.0 Å². The summed E-state index contributed by atoms with van der Waals surface area (Å²) in [6, 6.07) is 10.5. The Kier molecular flexibility index (Phi) is 6.99. The molecular weight excluding hydrogens is 448 g/mol. The Morgan fingerprint density at radius 1 is 1.00 bits per heavy atom. The van der Waals surface area contributed by atoms with E-state index < -0.39 is 27.4 Å². The van der Waals surface area contributed by atoms with Gasteiger partial charge in [0.1, 0.15) is 11.6 Å². The minimum Gasteiger partial charge on any atom is -0.368 e. The monoisotopic (exact) mass is 477 g/mol. The summed E-state index contributed by atoms with van der Waals surface area (Å²) in [6.45, 7) is 3.86. The van der Waals surface area contributed by atoms with Crippen LogP contribution in [0.4, 0.5) is 14.5 Å². The molecule has 1 amide bonds. The number of piperazine rings is 1. The molecule has 9 heteroatoms. The van der Waals surface area contributed by atoms with Crippen molar-refractivity contribution in [2.45, 2.75) is 44.5 Å². The van der Waals surface area contributed by atoms with Crippen molar-refractivity contribution < 1.29 is 22.0 Å². The van der Waals surface area contributed by atoms with Gasteiger partial charge in [-0.15, -0.1) is 0 Å². The van der Waals surface area contributed by atoms with Gasteiger partial charge in [-0.25, -0.2) is 17.2 Å². The molecule has 1 saturated heterocycles. The number of carbonyl (C=O) groups is 1. The molecule has 0 bridgehead atoms. The maximum atomic E-state index is 15.1. The van der Waals surface area contributed by atoms with Crippen LogP contribution < -0.4 is 4.90 Å². The van der Waals surface area contributed by atoms with Crippen molar-refractivity contribution >= 4 is 21.6 Å². The zero-order chi connectivity index (χ0) is 23.6. The smallest absolute Gasteiger partial charge is 0.219 e. The average Bonchev–Trinajstić information content (AvgIpc) is 2.74. The second-order valence-electron chi connectivity index (χ2n) is 8.75. The highest BCUT2D eigenvalue weighted by atomic mass is 32.2. The quantitative estimate of drug-likeness (QED) is 0.612. The number of nitrogens with zero attached hydrogens (tertiary/aromatic N) is 3. The fraction of sp³-hybridized carbons (Fsp3) is 0.458. The molecule has 0 N–H and O–H groups in total. The van der Waals surface area contributed by atoms with Crippen molar-refractivity contribution in [2.75, 3.05) is 31.1 Å². The third kappa shape index (κ3) is 5.35. The zero-order valence-electron chi connectivity index (χ0n) is 18.7. The van der Waals surface area contributed by atoms with Crippen molar-refractivity contribution in [3.05, 3.63) is 65.2 Å². The summed E-state index contributed by atoms with van der Waals surface area (Å²) in [4.78, 5) is 15.3. The molecule has 1 heterocycles. The first-order valence-corrected chi connectivity index (χ1v) is 12.9. The third-order valence-corrected chi connectivity index (χ3v) is 8.41. The molecule has 0 unspecified atom stereocenters. The number of benzene rings is 2. The number of hydrogen-bond donors (Lipinski definition) is 0. The lowest BCUT2D eigenvalue weighted by atomic mass is 9.93. The summed E-state index contributed by atoms with van der Waals surface area (Å²) in [5.74, 6) is -1.44. The maximum absolute atomic E-state index is 15.1. The Labute approximate surface area is 193 Å². The Balaban J connectivity index is 1.50. The minimum absolute atomic E-state index is 0.0313. The van der Waals surface area contributed by atoms with Crippen LogP contribution in [-0.2, 0) is 27.1 Å². The third-order valence-electron chi connectivity index (χ3n) is 6.59. The fourth-order valence-electron chi connectivity index (χ4n) is 4.33. The Morgan fingerprint density at radius 2 is 1.70 bits per heavy atom. The predicted molar refractivity (Wildman–Crippen MR) is 123 cm³/mol. The van der Waals surface area contributed by atoms with Crippen LogP contribution >= 0.6 is 0 Å². The van der Waals surface area contributed by atoms with E-state index in [4.69, 9.17) is 0 Å². The van der Waals surface area contributed by atoms with E-state index in [9.17, 15) is 17.6 Å². The molecule has 1 aliphatic carbocycles. The molecule has 178 valence electrons. The van der Waals surface area contributed by atoms with E-state index in [1.807, 2.05) is 4.90 Å². The molecule has 33 heavy (non-hydrogen) atoms. The largest absolute Gasteiger partial charge is 0.368 e. The predicted octanol–water partition coefficient (Wildman–Crippen LogP) is 3.52. The highest BCUT2D eigenvalue weighted by molar-refractivity contribution is 7.88. The number of hydrogen-bond acceptors (Lipinski definition) is 4. The summed E-state index contributed by atoms with van der Waals surface area (Å²) in [5, 5.41) is 0. The van der Waals surface area contributed by atoms with Gasteiger partial charge in [0.2, 0.25) is 15.9 Å². The number of carbonyl (C=O) groups excluding carboxylic acids is 1. The number of anilines is 1. The topological polar surface area (TPSA) is 60.9 Å². The summed E-state index contributed by atoms with van der Waals surface area (Å²) < 4.78 is 56.9. The van der Waals surface area contributed by atoms with Crippen LogP contribution in [0.15, 0.2) is 42.5 Å². The fourth-order valence-corrected chi connectivity index (χ4v) is 6.13. The molecule has 2 aliphatic rings. The number of amides is 1. The van der Waals surface area contributed by atoms with Gasteiger partial charge in [-0.2, -0.15) is 4.31 Å². The Bertz CT molecular complexity index is 1110. The van der Waals surface area contributed by atoms with Crippen molar-refractivity contribution in [1.82, 2.24) is 9.21 Å². The Morgan fingerprint density at radius 3 is 2.27 bits per heavy atom. The first kappa shape index (κ1) is 23.6. The van der Waals surface area contributed by atoms with Crippen LogP contribution in [0.1, 0.15) is 37.3 Å². The Hall–Kier alpha value is -2.52. The van der Waals surface area contributed by atoms with Crippen LogP contribution in [0, 0.1) is 11.6 Å². The molecule has 1 aliphatic heterocycles. The van der Waals surface area contributed by atoms with Gasteiger partial charge in [-0.3, -0.25) is 4.79 Å². The van der Waals surface area contributed by atoms with Crippen molar-refractivity contribution in [2.24, 2.45) is 0 Å². The van der Waals surface area contributed by atoms with E-state index in [2.05, 4.69) is 0 Å². The lowest BCUT2D eigenvalue weighted by molar-refractivity contribution is -0.129. The first-order valence-electron chi connectivity index (χ1n) is 11.3. The number of sulfonamides is 1. The van der Waals surface area contributed by atoms with E-state index in [-0.39, 0.29) is 24.1 Å². The van der Waals surface area contributed by atoms with Crippen LogP contribution in [0.25, 0.3) is 0 Å². The molecule has 0 spiro atoms. The summed E-state index contributed by atoms with van der Waals surface area (Å²) in [6.07, 6.45) is 2.36. The second kappa shape index (κ2) is 9.77. The number of rotatable bonds is 7. The van der Waals surface area contributed by atoms with Crippen LogP contribution in [0.3, 0.4) is 0 Å². The normalized spacial score (nSPS) is 17.3. The van der Waals surface area contributed by atoms with Gasteiger partial charge in [0.25, 0.3) is 0 Å². The van der Waals surface area contributed by atoms with Gasteiger partial charge in [-0.1, -0.05) is 30.7 Å². The van der Waals surface area contributed by atoms with Crippen LogP contribution in [-0.4, -0.2) is 55.8 Å². The highest BCUT2D eigenvalue weighted by Crippen LogP contribution is 2.31. The first-order chi connectivity index (χ1) is 15.7. The zero-order valence-corrected chi connectivity index (χ0v) is 19.5. The van der Waals surface area contributed by atoms with Crippen LogP contribution in [0.5, 0.6) is 0 Å². The molecule has 2 fully saturated rings. The molecule has 0 radical (unpaired) electrons. The van der Waals surface area contributed by atoms with E-state index >= 15 is 4.39 Å². The molecule has 0 atom stereocenters. The molecule has 4 rings (SSSR count). The minimum atomic E-state index is -3.84. The lowest BCUT2D eigenvalue weighted by Gasteiger charge is -2.37. The lowest BCUT2D eigenvalue weighted by Crippen LogP contribution is -2.48. The molecule has 0 aromatic heterocycles. The van der Waals surface area contributed by atoms with Crippen LogP contribution in [0.2, 0.25) is 0 Å². The van der Waals surface area contributed by atoms with Gasteiger partial charge < -0.3 is 9.80 Å². The average molecular weight is 478 g/mol. The molecular formula is C24H29F2N3O3S. The standard InChI is InChI=1S/C24H29F2N3O3S/c1-18(30)27-11-13-28(14-12-27)22-10-9-19(24(26)15-22)16-29(21-6-4-7-21)33(31,32)17-20-5-2-3-8-23(20)25/h2-3,5,8-10,15,21H,4,6-7,11-14,16-17H2,1H3. The van der Waals surface area contributed by atoms with E-state index in [1.165, 1.54) is 35.5 Å². The molecule has 2 aromatic carbocycles. The van der Waals surface area contributed by atoms with Gasteiger partial charge in [0.05, 0.1) is 5.75 Å². The van der Waals surface area contributed by atoms with Gasteiger partial charge in [0.15, 0.2) is 0 Å². The number of halogens is 2. The van der Waals surface area contributed by atoms with Crippen molar-refractivity contribution in [1.29, 1.82) is 0 Å². The summed E-state index contributed by atoms with van der Waals surface area (Å²) in [5.41, 5.74) is 1.12. The van der Waals surface area contributed by atoms with E-state index in [0.717, 1.165) is 19.3 Å². The van der Waals surface area contributed by atoms with Crippen molar-refractivity contribution in [3.8, 4) is 0 Å². The van der Waals surface area contributed by atoms with E-state index in [1.54, 1.807) is 23.1 Å². The van der Waals surface area contributed by atoms with Gasteiger partial charge in [0, 0.05) is 62.5 Å². The highest BCUT2D eigenvalue weighted by Gasteiger charge is 2.35. The summed E-state index contributed by atoms with van der Waals surface area (Å²) >= 11 is 0. The molecule has 1 saturated carbocycles. The van der Waals surface area contributed by atoms with Crippen molar-refractivity contribution in [3.63, 3.8) is 0 Å². The van der Waals surface area contributed by atoms with Gasteiger partial charge >= 0.3 is 0 Å². The molecule has 6 nitrogen and oxygen atoms in total. The molecule has 2 aromatic rings. The van der Waals surface area contributed by atoms with E-state index in [0.29, 0.717) is 37.4 Å². The maximum Gasteiger partial charge on any atom is 0.219 e.